The van der Waals surface area contributed by atoms with Crippen molar-refractivity contribution in [3.05, 3.63) is 24.5 Å². The highest BCUT2D eigenvalue weighted by molar-refractivity contribution is 14.0. The highest BCUT2D eigenvalue weighted by Crippen LogP contribution is 2.03. The van der Waals surface area contributed by atoms with Gasteiger partial charge >= 0.3 is 0 Å². The fraction of sp³-hybridized carbons (Fsp3) is 0.588. The molecule has 0 fully saturated rings. The number of aliphatic imine (C=N–C) groups is 1. The SMILES string of the molecule is CCCCCC(C)NC(=NCC(=O)Nc1cccnc1)NCC.I. The number of anilines is 1. The highest BCUT2D eigenvalue weighted by Gasteiger charge is 2.06. The van der Waals surface area contributed by atoms with Gasteiger partial charge in [-0.3, -0.25) is 9.78 Å². The first-order valence-electron chi connectivity index (χ1n) is 8.40. The third-order valence-corrected chi connectivity index (χ3v) is 3.29. The molecule has 1 amide bonds. The van der Waals surface area contributed by atoms with Gasteiger partial charge in [0.05, 0.1) is 11.9 Å². The molecule has 136 valence electrons. The van der Waals surface area contributed by atoms with Crippen LogP contribution in [-0.4, -0.2) is 36.0 Å². The van der Waals surface area contributed by atoms with E-state index in [1.165, 1.54) is 19.3 Å². The first kappa shape index (κ1) is 22.6. The molecule has 3 N–H and O–H groups in total. The standard InChI is InChI=1S/C17H29N5O.HI/c1-4-6-7-9-14(3)21-17(19-5-2)20-13-16(23)22-15-10-8-11-18-12-15;/h8,10-12,14H,4-7,9,13H2,1-3H3,(H,22,23)(H2,19,20,21);1H. The summed E-state index contributed by atoms with van der Waals surface area (Å²) in [5, 5.41) is 9.28. The second-order valence-corrected chi connectivity index (χ2v) is 5.53. The Bertz CT molecular complexity index is 481. The van der Waals surface area contributed by atoms with Crippen LogP contribution in [0, 0.1) is 0 Å². The summed E-state index contributed by atoms with van der Waals surface area (Å²) in [6.07, 6.45) is 8.04. The van der Waals surface area contributed by atoms with E-state index in [1.54, 1.807) is 24.5 Å². The Balaban J connectivity index is 0.00000529. The van der Waals surface area contributed by atoms with Crippen LogP contribution >= 0.6 is 24.0 Å². The van der Waals surface area contributed by atoms with Gasteiger partial charge in [-0.15, -0.1) is 24.0 Å². The molecule has 1 rings (SSSR count). The van der Waals surface area contributed by atoms with Crippen molar-refractivity contribution >= 4 is 41.5 Å². The van der Waals surface area contributed by atoms with Gasteiger partial charge in [0.25, 0.3) is 0 Å². The predicted octanol–water partition coefficient (Wildman–Crippen LogP) is 3.16. The summed E-state index contributed by atoms with van der Waals surface area (Å²) in [6, 6.07) is 3.91. The van der Waals surface area contributed by atoms with Crippen LogP contribution in [0.1, 0.15) is 46.5 Å². The lowest BCUT2D eigenvalue weighted by atomic mass is 10.1. The van der Waals surface area contributed by atoms with Crippen molar-refractivity contribution in [3.63, 3.8) is 0 Å². The van der Waals surface area contributed by atoms with Crippen LogP contribution in [0.4, 0.5) is 5.69 Å². The number of carbonyl (C=O) groups excluding carboxylic acids is 1. The molecule has 0 aliphatic heterocycles. The number of halogens is 1. The Morgan fingerprint density at radius 1 is 1.33 bits per heavy atom. The first-order valence-corrected chi connectivity index (χ1v) is 8.40. The van der Waals surface area contributed by atoms with E-state index >= 15 is 0 Å². The number of hydrogen-bond acceptors (Lipinski definition) is 3. The Morgan fingerprint density at radius 3 is 2.75 bits per heavy atom. The lowest BCUT2D eigenvalue weighted by Crippen LogP contribution is -2.42. The van der Waals surface area contributed by atoms with Crippen molar-refractivity contribution in [2.45, 2.75) is 52.5 Å². The van der Waals surface area contributed by atoms with E-state index in [2.05, 4.69) is 39.8 Å². The maximum Gasteiger partial charge on any atom is 0.246 e. The van der Waals surface area contributed by atoms with Gasteiger partial charge in [0.1, 0.15) is 6.54 Å². The minimum atomic E-state index is -0.158. The summed E-state index contributed by atoms with van der Waals surface area (Å²) in [4.78, 5) is 20.2. The zero-order valence-electron chi connectivity index (χ0n) is 14.8. The van der Waals surface area contributed by atoms with E-state index in [-0.39, 0.29) is 36.4 Å². The summed E-state index contributed by atoms with van der Waals surface area (Å²) >= 11 is 0. The third kappa shape index (κ3) is 10.4. The molecule has 24 heavy (non-hydrogen) atoms. The second-order valence-electron chi connectivity index (χ2n) is 5.53. The predicted molar refractivity (Wildman–Crippen MR) is 111 cm³/mol. The zero-order valence-corrected chi connectivity index (χ0v) is 17.2. The molecule has 1 atom stereocenters. The monoisotopic (exact) mass is 447 g/mol. The van der Waals surface area contributed by atoms with Gasteiger partial charge in [-0.05, 0) is 32.4 Å². The van der Waals surface area contributed by atoms with Crippen molar-refractivity contribution in [2.24, 2.45) is 4.99 Å². The number of rotatable bonds is 9. The van der Waals surface area contributed by atoms with Crippen molar-refractivity contribution in [2.75, 3.05) is 18.4 Å². The third-order valence-electron chi connectivity index (χ3n) is 3.29. The molecule has 0 aliphatic rings. The number of unbranched alkanes of at least 4 members (excludes halogenated alkanes) is 2. The molecule has 1 aromatic heterocycles. The zero-order chi connectivity index (χ0) is 16.9. The van der Waals surface area contributed by atoms with Crippen LogP contribution in [0.5, 0.6) is 0 Å². The number of hydrogen-bond donors (Lipinski definition) is 3. The molecule has 1 aromatic rings. The molecule has 7 heteroatoms. The molecule has 1 unspecified atom stereocenters. The molecular weight excluding hydrogens is 417 g/mol. The smallest absolute Gasteiger partial charge is 0.246 e. The number of aromatic nitrogens is 1. The average molecular weight is 447 g/mol. The fourth-order valence-electron chi connectivity index (χ4n) is 2.11. The van der Waals surface area contributed by atoms with Crippen LogP contribution < -0.4 is 16.0 Å². The lowest BCUT2D eigenvalue weighted by Gasteiger charge is -2.17. The Hall–Kier alpha value is -1.38. The maximum atomic E-state index is 11.9. The van der Waals surface area contributed by atoms with Gasteiger partial charge in [0.15, 0.2) is 5.96 Å². The molecule has 0 aromatic carbocycles. The summed E-state index contributed by atoms with van der Waals surface area (Å²) in [5.41, 5.74) is 0.679. The molecule has 0 radical (unpaired) electrons. The Labute approximate surface area is 162 Å². The van der Waals surface area contributed by atoms with Crippen LogP contribution in [0.15, 0.2) is 29.5 Å². The van der Waals surface area contributed by atoms with Gasteiger partial charge < -0.3 is 16.0 Å². The number of guanidine groups is 1. The molecule has 0 bridgehead atoms. The summed E-state index contributed by atoms with van der Waals surface area (Å²) < 4.78 is 0. The van der Waals surface area contributed by atoms with Crippen LogP contribution in [0.3, 0.4) is 0 Å². The van der Waals surface area contributed by atoms with Gasteiger partial charge in [0, 0.05) is 18.8 Å². The molecule has 1 heterocycles. The molecule has 0 spiro atoms. The number of carbonyl (C=O) groups is 1. The van der Waals surface area contributed by atoms with E-state index in [0.717, 1.165) is 13.0 Å². The normalized spacial score (nSPS) is 12.0. The maximum absolute atomic E-state index is 11.9. The first-order chi connectivity index (χ1) is 11.2. The van der Waals surface area contributed by atoms with E-state index in [9.17, 15) is 4.79 Å². The molecule has 0 aliphatic carbocycles. The van der Waals surface area contributed by atoms with Crippen molar-refractivity contribution < 1.29 is 4.79 Å². The Kier molecular flexibility index (Phi) is 13.2. The van der Waals surface area contributed by atoms with Crippen LogP contribution in [-0.2, 0) is 4.79 Å². The highest BCUT2D eigenvalue weighted by atomic mass is 127. The van der Waals surface area contributed by atoms with Gasteiger partial charge in [0.2, 0.25) is 5.91 Å². The fourth-order valence-corrected chi connectivity index (χ4v) is 2.11. The molecule has 0 saturated heterocycles. The van der Waals surface area contributed by atoms with E-state index < -0.39 is 0 Å². The number of amides is 1. The summed E-state index contributed by atoms with van der Waals surface area (Å²) in [7, 11) is 0. The lowest BCUT2D eigenvalue weighted by molar-refractivity contribution is -0.114. The van der Waals surface area contributed by atoms with E-state index in [4.69, 9.17) is 0 Å². The molecule has 0 saturated carbocycles. The van der Waals surface area contributed by atoms with E-state index in [1.807, 2.05) is 6.92 Å². The van der Waals surface area contributed by atoms with Crippen LogP contribution in [0.2, 0.25) is 0 Å². The minimum Gasteiger partial charge on any atom is -0.357 e. The summed E-state index contributed by atoms with van der Waals surface area (Å²) in [5.74, 6) is 0.520. The van der Waals surface area contributed by atoms with Gasteiger partial charge in [-0.1, -0.05) is 26.2 Å². The Morgan fingerprint density at radius 2 is 2.12 bits per heavy atom. The number of nitrogens with one attached hydrogen (secondary N) is 3. The number of nitrogens with zero attached hydrogens (tertiary/aromatic N) is 2. The average Bonchev–Trinajstić information content (AvgIpc) is 2.54. The van der Waals surface area contributed by atoms with Crippen molar-refractivity contribution in [1.82, 2.24) is 15.6 Å². The topological polar surface area (TPSA) is 78.4 Å². The summed E-state index contributed by atoms with van der Waals surface area (Å²) in [6.45, 7) is 7.18. The van der Waals surface area contributed by atoms with Crippen molar-refractivity contribution in [1.29, 1.82) is 0 Å². The largest absolute Gasteiger partial charge is 0.357 e. The molecular formula is C17H30IN5O. The van der Waals surface area contributed by atoms with Gasteiger partial charge in [-0.25, -0.2) is 4.99 Å². The second kappa shape index (κ2) is 14.0. The molecule has 6 nitrogen and oxygen atoms in total. The number of pyridine rings is 1. The minimum absolute atomic E-state index is 0. The van der Waals surface area contributed by atoms with E-state index in [0.29, 0.717) is 17.7 Å². The van der Waals surface area contributed by atoms with Crippen molar-refractivity contribution in [3.8, 4) is 0 Å². The van der Waals surface area contributed by atoms with Crippen LogP contribution in [0.25, 0.3) is 0 Å². The van der Waals surface area contributed by atoms with Gasteiger partial charge in [-0.2, -0.15) is 0 Å². The quantitative estimate of drug-likeness (QED) is 0.235.